The van der Waals surface area contributed by atoms with Crippen LogP contribution < -0.4 is 10.2 Å². The molecule has 10 nitrogen and oxygen atoms in total. The summed E-state index contributed by atoms with van der Waals surface area (Å²) in [5, 5.41) is 31.3. The van der Waals surface area contributed by atoms with Gasteiger partial charge in [-0.2, -0.15) is 5.26 Å². The second-order valence-corrected chi connectivity index (χ2v) is 17.3. The first-order valence-corrected chi connectivity index (χ1v) is 17.3. The topological polar surface area (TPSA) is 128 Å². The number of nitrogens with zero attached hydrogens (tertiary/aromatic N) is 5. The van der Waals surface area contributed by atoms with Gasteiger partial charge in [-0.3, -0.25) is 0 Å². The molecular weight excluding hydrogens is 572 g/mol. The summed E-state index contributed by atoms with van der Waals surface area (Å²) in [6.45, 7) is 17.1. The standard InChI is InChI=1S/C30H39ClN6O4Si/c1-19-24(13-10-22(18-32)25(19)31)33-26(20(2)41-42(6,7)30(3,4)5)28-35-34-27(40-28)21-8-11-23(12-9-21)36-14-16-37(17-15-36)29(38)39/h8-13,20,26,33H,14-17H2,1-7H3,(H,38,39). The lowest BCUT2D eigenvalue weighted by atomic mass is 10.1. The molecule has 42 heavy (non-hydrogen) atoms. The SMILES string of the molecule is Cc1c(NC(c2nnc(-c3ccc(N4CCN(C(=O)O)CC4)cc3)o2)C(C)O[Si](C)(C)C(C)(C)C)ccc(C#N)c1Cl. The van der Waals surface area contributed by atoms with Crippen LogP contribution in [0.15, 0.2) is 40.8 Å². The number of carboxylic acid groups (broad SMARTS) is 1. The number of piperazine rings is 1. The Bertz CT molecular complexity index is 1460. The van der Waals surface area contributed by atoms with E-state index in [0.29, 0.717) is 48.5 Å². The minimum absolute atomic E-state index is 0.00148. The number of benzene rings is 2. The normalized spacial score (nSPS) is 15.7. The quantitative estimate of drug-likeness (QED) is 0.261. The van der Waals surface area contributed by atoms with Crippen LogP contribution in [0.4, 0.5) is 16.2 Å². The Balaban J connectivity index is 1.59. The van der Waals surface area contributed by atoms with Crippen molar-refractivity contribution in [2.45, 2.75) is 64.9 Å². The molecule has 3 aromatic rings. The van der Waals surface area contributed by atoms with Crippen molar-refractivity contribution >= 4 is 37.4 Å². The molecule has 1 aliphatic rings. The van der Waals surface area contributed by atoms with Gasteiger partial charge in [-0.25, -0.2) is 4.79 Å². The molecule has 1 fully saturated rings. The number of hydrogen-bond acceptors (Lipinski definition) is 8. The summed E-state index contributed by atoms with van der Waals surface area (Å²) < 4.78 is 13.0. The highest BCUT2D eigenvalue weighted by atomic mass is 35.5. The van der Waals surface area contributed by atoms with Gasteiger partial charge in [0.05, 0.1) is 16.7 Å². The van der Waals surface area contributed by atoms with E-state index in [4.69, 9.17) is 20.4 Å². The molecule has 0 radical (unpaired) electrons. The summed E-state index contributed by atoms with van der Waals surface area (Å²) in [4.78, 5) is 14.8. The number of amides is 1. The van der Waals surface area contributed by atoms with Gasteiger partial charge in [0.1, 0.15) is 12.1 Å². The first-order valence-electron chi connectivity index (χ1n) is 14.0. The van der Waals surface area contributed by atoms with Gasteiger partial charge < -0.3 is 29.1 Å². The fourth-order valence-corrected chi connectivity index (χ4v) is 6.26. The van der Waals surface area contributed by atoms with Crippen molar-refractivity contribution in [1.82, 2.24) is 15.1 Å². The predicted octanol–water partition coefficient (Wildman–Crippen LogP) is 6.93. The minimum Gasteiger partial charge on any atom is -0.465 e. The summed E-state index contributed by atoms with van der Waals surface area (Å²) in [6.07, 6.45) is -1.20. The number of nitriles is 1. The van der Waals surface area contributed by atoms with Gasteiger partial charge in [0, 0.05) is 43.1 Å². The number of aromatic nitrogens is 2. The van der Waals surface area contributed by atoms with E-state index in [1.165, 1.54) is 4.90 Å². The lowest BCUT2D eigenvalue weighted by molar-refractivity contribution is 0.142. The number of halogens is 1. The van der Waals surface area contributed by atoms with Crippen molar-refractivity contribution in [2.75, 3.05) is 36.4 Å². The van der Waals surface area contributed by atoms with Crippen molar-refractivity contribution < 1.29 is 18.7 Å². The van der Waals surface area contributed by atoms with E-state index >= 15 is 0 Å². The third-order valence-electron chi connectivity index (χ3n) is 8.31. The molecule has 1 aromatic heterocycles. The average Bonchev–Trinajstić information content (AvgIpc) is 3.43. The van der Waals surface area contributed by atoms with Crippen LogP contribution in [0.25, 0.3) is 11.5 Å². The number of carbonyl (C=O) groups is 1. The molecule has 1 aliphatic heterocycles. The van der Waals surface area contributed by atoms with E-state index in [1.807, 2.05) is 44.2 Å². The van der Waals surface area contributed by atoms with Crippen LogP contribution in [0.2, 0.25) is 23.2 Å². The summed E-state index contributed by atoms with van der Waals surface area (Å²) in [6, 6.07) is 13.0. The van der Waals surface area contributed by atoms with Crippen LogP contribution in [0.5, 0.6) is 0 Å². The maximum Gasteiger partial charge on any atom is 0.407 e. The Morgan fingerprint density at radius 3 is 2.36 bits per heavy atom. The zero-order chi connectivity index (χ0) is 30.8. The van der Waals surface area contributed by atoms with Gasteiger partial charge in [-0.05, 0) is 73.9 Å². The third kappa shape index (κ3) is 6.72. The average molecular weight is 611 g/mol. The highest BCUT2D eigenvalue weighted by Gasteiger charge is 2.41. The van der Waals surface area contributed by atoms with Gasteiger partial charge in [0.25, 0.3) is 0 Å². The van der Waals surface area contributed by atoms with Gasteiger partial charge >= 0.3 is 6.09 Å². The first-order chi connectivity index (χ1) is 19.7. The van der Waals surface area contributed by atoms with Gasteiger partial charge in [-0.15, -0.1) is 10.2 Å². The van der Waals surface area contributed by atoms with E-state index in [1.54, 1.807) is 6.07 Å². The van der Waals surface area contributed by atoms with Crippen LogP contribution in [-0.2, 0) is 4.43 Å². The minimum atomic E-state index is -2.15. The summed E-state index contributed by atoms with van der Waals surface area (Å²) >= 11 is 6.48. The molecule has 1 amide bonds. The molecule has 2 aromatic carbocycles. The number of anilines is 2. The Hall–Kier alpha value is -3.59. The van der Waals surface area contributed by atoms with Crippen molar-refractivity contribution in [3.8, 4) is 17.5 Å². The molecule has 224 valence electrons. The van der Waals surface area contributed by atoms with E-state index in [-0.39, 0.29) is 11.1 Å². The molecule has 0 spiro atoms. The summed E-state index contributed by atoms with van der Waals surface area (Å²) in [5.74, 6) is 0.762. The molecule has 2 heterocycles. The van der Waals surface area contributed by atoms with Crippen LogP contribution in [-0.4, -0.2) is 66.9 Å². The van der Waals surface area contributed by atoms with Crippen LogP contribution >= 0.6 is 11.6 Å². The van der Waals surface area contributed by atoms with Gasteiger partial charge in [0.15, 0.2) is 8.32 Å². The highest BCUT2D eigenvalue weighted by Crippen LogP contribution is 2.40. The third-order valence-corrected chi connectivity index (χ3v) is 13.4. The van der Waals surface area contributed by atoms with Crippen molar-refractivity contribution in [2.24, 2.45) is 0 Å². The van der Waals surface area contributed by atoms with Gasteiger partial charge in [-0.1, -0.05) is 32.4 Å². The maximum absolute atomic E-state index is 11.2. The van der Waals surface area contributed by atoms with Crippen LogP contribution in [0.1, 0.15) is 50.8 Å². The summed E-state index contributed by atoms with van der Waals surface area (Å²) in [7, 11) is -2.15. The van der Waals surface area contributed by atoms with Crippen LogP contribution in [0, 0.1) is 18.3 Å². The fraction of sp³-hybridized carbons (Fsp3) is 0.467. The number of rotatable bonds is 8. The largest absolute Gasteiger partial charge is 0.465 e. The Morgan fingerprint density at radius 1 is 1.14 bits per heavy atom. The molecule has 4 rings (SSSR count). The lowest BCUT2D eigenvalue weighted by Gasteiger charge is -2.40. The van der Waals surface area contributed by atoms with Crippen molar-refractivity contribution in [3.05, 3.63) is 58.4 Å². The second kappa shape index (κ2) is 12.3. The van der Waals surface area contributed by atoms with Crippen molar-refractivity contribution in [1.29, 1.82) is 5.26 Å². The maximum atomic E-state index is 11.2. The number of hydrogen-bond donors (Lipinski definition) is 2. The molecular formula is C30H39ClN6O4Si. The van der Waals surface area contributed by atoms with E-state index in [0.717, 1.165) is 22.5 Å². The second-order valence-electron chi connectivity index (χ2n) is 12.2. The highest BCUT2D eigenvalue weighted by molar-refractivity contribution is 6.74. The van der Waals surface area contributed by atoms with Crippen molar-refractivity contribution in [3.63, 3.8) is 0 Å². The zero-order valence-electron chi connectivity index (χ0n) is 25.2. The molecule has 0 bridgehead atoms. The first kappa shape index (κ1) is 31.3. The molecule has 12 heteroatoms. The molecule has 1 saturated heterocycles. The molecule has 2 atom stereocenters. The molecule has 0 aliphatic carbocycles. The van der Waals surface area contributed by atoms with E-state index < -0.39 is 20.5 Å². The lowest BCUT2D eigenvalue weighted by Crippen LogP contribution is -2.48. The molecule has 2 N–H and O–H groups in total. The zero-order valence-corrected chi connectivity index (χ0v) is 27.0. The monoisotopic (exact) mass is 610 g/mol. The number of nitrogens with one attached hydrogen (secondary N) is 1. The molecule has 0 saturated carbocycles. The Morgan fingerprint density at radius 2 is 1.79 bits per heavy atom. The van der Waals surface area contributed by atoms with Gasteiger partial charge in [0.2, 0.25) is 11.8 Å². The molecule has 2 unspecified atom stereocenters. The Labute approximate surface area is 253 Å². The van der Waals surface area contributed by atoms with E-state index in [9.17, 15) is 15.2 Å². The van der Waals surface area contributed by atoms with E-state index in [2.05, 4.69) is 60.3 Å². The van der Waals surface area contributed by atoms with Crippen LogP contribution in [0.3, 0.4) is 0 Å². The Kier molecular flexibility index (Phi) is 9.20. The summed E-state index contributed by atoms with van der Waals surface area (Å²) in [5.41, 5.74) is 3.69. The predicted molar refractivity (Wildman–Crippen MR) is 167 cm³/mol. The fourth-order valence-electron chi connectivity index (χ4n) is 4.63. The smallest absolute Gasteiger partial charge is 0.407 e.